The van der Waals surface area contributed by atoms with Gasteiger partial charge < -0.3 is 4.57 Å². The standard InChI is InChI=1S/C16H23N/c1-15(2,3)14-9-7-8-12-10-17(11-13(12)14)16(4,5)6/h7-11H,1-6H3. The molecule has 0 atom stereocenters. The van der Waals surface area contributed by atoms with Crippen molar-refractivity contribution in [1.82, 2.24) is 4.57 Å². The summed E-state index contributed by atoms with van der Waals surface area (Å²) in [6, 6.07) is 6.61. The highest BCUT2D eigenvalue weighted by atomic mass is 15.0. The third-order valence-electron chi connectivity index (χ3n) is 3.27. The first-order chi connectivity index (χ1) is 7.69. The van der Waals surface area contributed by atoms with Gasteiger partial charge in [-0.05, 0) is 37.1 Å². The molecule has 92 valence electrons. The molecule has 0 bridgehead atoms. The maximum atomic E-state index is 2.31. The Morgan fingerprint density at radius 3 is 2.06 bits per heavy atom. The molecule has 1 heteroatoms. The van der Waals surface area contributed by atoms with Gasteiger partial charge in [-0.25, -0.2) is 0 Å². The minimum absolute atomic E-state index is 0.147. The Bertz CT molecular complexity index is 533. The number of fused-ring (bicyclic) bond motifs is 1. The zero-order valence-corrected chi connectivity index (χ0v) is 11.8. The second-order valence-corrected chi connectivity index (χ2v) is 6.89. The van der Waals surface area contributed by atoms with Crippen molar-refractivity contribution in [3.8, 4) is 0 Å². The Balaban J connectivity index is 2.70. The van der Waals surface area contributed by atoms with Crippen LogP contribution in [0.2, 0.25) is 0 Å². The molecule has 0 saturated heterocycles. The van der Waals surface area contributed by atoms with E-state index in [0.717, 1.165) is 0 Å². The molecule has 2 rings (SSSR count). The molecule has 0 radical (unpaired) electrons. The number of rotatable bonds is 0. The van der Waals surface area contributed by atoms with Gasteiger partial charge in [-0.15, -0.1) is 0 Å². The van der Waals surface area contributed by atoms with E-state index in [4.69, 9.17) is 0 Å². The van der Waals surface area contributed by atoms with E-state index in [9.17, 15) is 0 Å². The van der Waals surface area contributed by atoms with E-state index in [2.05, 4.69) is 76.7 Å². The maximum absolute atomic E-state index is 2.31. The van der Waals surface area contributed by atoms with Crippen molar-refractivity contribution in [2.45, 2.75) is 52.5 Å². The highest BCUT2D eigenvalue weighted by Gasteiger charge is 2.19. The first-order valence-electron chi connectivity index (χ1n) is 6.31. The van der Waals surface area contributed by atoms with Crippen LogP contribution in [0.25, 0.3) is 10.8 Å². The molecule has 17 heavy (non-hydrogen) atoms. The van der Waals surface area contributed by atoms with Crippen LogP contribution < -0.4 is 0 Å². The SMILES string of the molecule is CC(C)(C)c1cccc2cn(C(C)(C)C)cc12. The number of nitrogens with zero attached hydrogens (tertiary/aromatic N) is 1. The lowest BCUT2D eigenvalue weighted by Gasteiger charge is -2.21. The van der Waals surface area contributed by atoms with Gasteiger partial charge in [0.15, 0.2) is 0 Å². The second-order valence-electron chi connectivity index (χ2n) is 6.89. The summed E-state index contributed by atoms with van der Waals surface area (Å²) in [5.41, 5.74) is 1.77. The highest BCUT2D eigenvalue weighted by molar-refractivity contribution is 5.86. The molecule has 0 aliphatic carbocycles. The summed E-state index contributed by atoms with van der Waals surface area (Å²) in [6.07, 6.45) is 4.54. The predicted octanol–water partition coefficient (Wildman–Crippen LogP) is 4.69. The first-order valence-corrected chi connectivity index (χ1v) is 6.31. The average molecular weight is 229 g/mol. The lowest BCUT2D eigenvalue weighted by molar-refractivity contribution is 0.399. The van der Waals surface area contributed by atoms with Crippen LogP contribution in [0.4, 0.5) is 0 Å². The van der Waals surface area contributed by atoms with Gasteiger partial charge in [-0.2, -0.15) is 0 Å². The van der Waals surface area contributed by atoms with Gasteiger partial charge in [0.1, 0.15) is 0 Å². The topological polar surface area (TPSA) is 4.93 Å². The van der Waals surface area contributed by atoms with E-state index in [1.165, 1.54) is 16.3 Å². The van der Waals surface area contributed by atoms with Crippen LogP contribution >= 0.6 is 0 Å². The third-order valence-corrected chi connectivity index (χ3v) is 3.27. The molecule has 1 heterocycles. The highest BCUT2D eigenvalue weighted by Crippen LogP contribution is 2.32. The molecule has 0 fully saturated rings. The third kappa shape index (κ3) is 2.24. The fourth-order valence-electron chi connectivity index (χ4n) is 2.21. The number of benzene rings is 1. The van der Waals surface area contributed by atoms with E-state index in [-0.39, 0.29) is 11.0 Å². The lowest BCUT2D eigenvalue weighted by Crippen LogP contribution is -2.19. The van der Waals surface area contributed by atoms with Crippen molar-refractivity contribution < 1.29 is 0 Å². The van der Waals surface area contributed by atoms with Crippen molar-refractivity contribution in [2.24, 2.45) is 0 Å². The second kappa shape index (κ2) is 3.63. The molecule has 0 spiro atoms. The number of hydrogen-bond acceptors (Lipinski definition) is 0. The van der Waals surface area contributed by atoms with Crippen LogP contribution in [0.5, 0.6) is 0 Å². The average Bonchev–Trinajstić information content (AvgIpc) is 2.57. The Morgan fingerprint density at radius 2 is 1.53 bits per heavy atom. The number of aromatic nitrogens is 1. The van der Waals surface area contributed by atoms with Crippen LogP contribution in [0.15, 0.2) is 30.6 Å². The summed E-state index contributed by atoms with van der Waals surface area (Å²) in [4.78, 5) is 0. The Labute approximate surface area is 104 Å². The summed E-state index contributed by atoms with van der Waals surface area (Å²) < 4.78 is 2.31. The van der Waals surface area contributed by atoms with Gasteiger partial charge in [-0.1, -0.05) is 39.0 Å². The zero-order valence-electron chi connectivity index (χ0n) is 11.8. The quantitative estimate of drug-likeness (QED) is 0.617. The van der Waals surface area contributed by atoms with E-state index >= 15 is 0 Å². The fourth-order valence-corrected chi connectivity index (χ4v) is 2.21. The Morgan fingerprint density at radius 1 is 0.882 bits per heavy atom. The monoisotopic (exact) mass is 229 g/mol. The van der Waals surface area contributed by atoms with E-state index < -0.39 is 0 Å². The van der Waals surface area contributed by atoms with E-state index in [1.807, 2.05) is 0 Å². The largest absolute Gasteiger partial charge is 0.348 e. The predicted molar refractivity (Wildman–Crippen MR) is 75.6 cm³/mol. The zero-order chi connectivity index (χ0) is 12.8. The molecule has 1 aromatic carbocycles. The van der Waals surface area contributed by atoms with Gasteiger partial charge in [0.25, 0.3) is 0 Å². The molecule has 0 saturated carbocycles. The van der Waals surface area contributed by atoms with Crippen molar-refractivity contribution in [3.05, 3.63) is 36.2 Å². The molecule has 0 amide bonds. The van der Waals surface area contributed by atoms with Crippen LogP contribution in [-0.4, -0.2) is 4.57 Å². The maximum Gasteiger partial charge on any atom is 0.0356 e. The summed E-state index contributed by atoms with van der Waals surface area (Å²) in [5, 5.41) is 2.72. The lowest BCUT2D eigenvalue weighted by atomic mass is 9.85. The van der Waals surface area contributed by atoms with Crippen LogP contribution in [0, 0.1) is 0 Å². The molecular weight excluding hydrogens is 206 g/mol. The van der Waals surface area contributed by atoms with Gasteiger partial charge in [0.2, 0.25) is 0 Å². The van der Waals surface area contributed by atoms with Crippen molar-refractivity contribution >= 4 is 10.8 Å². The molecule has 0 aliphatic heterocycles. The molecule has 0 N–H and O–H groups in total. The van der Waals surface area contributed by atoms with Crippen LogP contribution in [-0.2, 0) is 11.0 Å². The summed E-state index contributed by atoms with van der Waals surface area (Å²) in [5.74, 6) is 0. The van der Waals surface area contributed by atoms with Gasteiger partial charge >= 0.3 is 0 Å². The molecule has 1 aromatic heterocycles. The van der Waals surface area contributed by atoms with Crippen molar-refractivity contribution in [1.29, 1.82) is 0 Å². The normalized spacial score (nSPS) is 13.3. The molecule has 0 unspecified atom stereocenters. The van der Waals surface area contributed by atoms with E-state index in [0.29, 0.717) is 0 Å². The fraction of sp³-hybridized carbons (Fsp3) is 0.500. The van der Waals surface area contributed by atoms with Gasteiger partial charge in [0.05, 0.1) is 0 Å². The van der Waals surface area contributed by atoms with Crippen LogP contribution in [0.3, 0.4) is 0 Å². The summed E-state index contributed by atoms with van der Waals surface area (Å²) >= 11 is 0. The molecule has 2 aromatic rings. The van der Waals surface area contributed by atoms with Gasteiger partial charge in [-0.3, -0.25) is 0 Å². The van der Waals surface area contributed by atoms with Gasteiger partial charge in [0, 0.05) is 23.3 Å². The van der Waals surface area contributed by atoms with E-state index in [1.54, 1.807) is 0 Å². The number of hydrogen-bond donors (Lipinski definition) is 0. The summed E-state index contributed by atoms with van der Waals surface area (Å²) in [7, 11) is 0. The van der Waals surface area contributed by atoms with Crippen molar-refractivity contribution in [2.75, 3.05) is 0 Å². The first kappa shape index (κ1) is 12.2. The molecular formula is C16H23N. The molecule has 1 nitrogen and oxygen atoms in total. The Hall–Kier alpha value is -1.24. The minimum Gasteiger partial charge on any atom is -0.348 e. The molecule has 0 aliphatic rings. The smallest absolute Gasteiger partial charge is 0.0356 e. The van der Waals surface area contributed by atoms with Crippen LogP contribution in [0.1, 0.15) is 47.1 Å². The Kier molecular flexibility index (Phi) is 2.61. The van der Waals surface area contributed by atoms with Crippen molar-refractivity contribution in [3.63, 3.8) is 0 Å². The summed E-state index contributed by atoms with van der Waals surface area (Å²) in [6.45, 7) is 13.5. The minimum atomic E-state index is 0.147.